The summed E-state index contributed by atoms with van der Waals surface area (Å²) < 4.78 is 5.28. The van der Waals surface area contributed by atoms with Gasteiger partial charge in [-0.3, -0.25) is 9.69 Å². The number of rotatable bonds is 8. The number of hydrogen-bond donors (Lipinski definition) is 1. The average Bonchev–Trinajstić information content (AvgIpc) is 3.25. The van der Waals surface area contributed by atoms with E-state index in [4.69, 9.17) is 11.2 Å². The molecule has 0 radical (unpaired) electrons. The second-order valence-electron chi connectivity index (χ2n) is 5.19. The molecule has 0 aliphatic carbocycles. The molecule has 1 fully saturated rings. The van der Waals surface area contributed by atoms with Crippen molar-refractivity contribution in [2.24, 2.45) is 10.2 Å². The summed E-state index contributed by atoms with van der Waals surface area (Å²) in [6, 6.07) is 0. The number of hydrogen-bond acceptors (Lipinski definition) is 5. The number of terminal acetylenes is 1. The maximum Gasteiger partial charge on any atom is 0.220 e. The molecular formula is C14H22N4O2. The molecule has 20 heavy (non-hydrogen) atoms. The van der Waals surface area contributed by atoms with Crippen molar-refractivity contribution >= 4 is 5.91 Å². The number of nitrogens with one attached hydrogen (secondary N) is 1. The van der Waals surface area contributed by atoms with Crippen molar-refractivity contribution in [2.45, 2.75) is 31.3 Å². The van der Waals surface area contributed by atoms with Crippen LogP contribution >= 0.6 is 0 Å². The number of carbonyl (C=O) groups is 1. The monoisotopic (exact) mass is 278 g/mol. The predicted octanol–water partition coefficient (Wildman–Crippen LogP) is 0.791. The Bertz CT molecular complexity index is 390. The Hall–Kier alpha value is -1.45. The molecule has 2 rings (SSSR count). The lowest BCUT2D eigenvalue weighted by atomic mass is 10.0. The number of nitrogens with zero attached hydrogens (tertiary/aromatic N) is 3. The first kappa shape index (κ1) is 14.9. The summed E-state index contributed by atoms with van der Waals surface area (Å²) in [5.41, 5.74) is -0.353. The van der Waals surface area contributed by atoms with Gasteiger partial charge >= 0.3 is 0 Å². The van der Waals surface area contributed by atoms with E-state index in [2.05, 4.69) is 26.4 Å². The Morgan fingerprint density at radius 1 is 1.35 bits per heavy atom. The van der Waals surface area contributed by atoms with Crippen molar-refractivity contribution in [1.29, 1.82) is 0 Å². The first-order valence-corrected chi connectivity index (χ1v) is 7.18. The molecule has 0 spiro atoms. The minimum atomic E-state index is -0.353. The maximum atomic E-state index is 11.8. The van der Waals surface area contributed by atoms with E-state index in [1.165, 1.54) is 0 Å². The summed E-state index contributed by atoms with van der Waals surface area (Å²) in [6.45, 7) is 5.03. The zero-order valence-corrected chi connectivity index (χ0v) is 11.8. The average molecular weight is 278 g/mol. The SMILES string of the molecule is C#CCCC1(CCC(=O)NCCN2CCOCC2)N=N1. The molecule has 0 aromatic carbocycles. The molecule has 1 saturated heterocycles. The summed E-state index contributed by atoms with van der Waals surface area (Å²) >= 11 is 0. The van der Waals surface area contributed by atoms with Crippen LogP contribution in [0.4, 0.5) is 0 Å². The van der Waals surface area contributed by atoms with Gasteiger partial charge in [-0.1, -0.05) is 0 Å². The van der Waals surface area contributed by atoms with Gasteiger partial charge in [0.25, 0.3) is 0 Å². The molecule has 0 saturated carbocycles. The molecule has 0 atom stereocenters. The molecule has 110 valence electrons. The van der Waals surface area contributed by atoms with Gasteiger partial charge in [0.15, 0.2) is 5.66 Å². The van der Waals surface area contributed by atoms with Gasteiger partial charge in [-0.2, -0.15) is 10.2 Å². The summed E-state index contributed by atoms with van der Waals surface area (Å²) in [6.07, 6.45) is 7.77. The summed E-state index contributed by atoms with van der Waals surface area (Å²) in [5, 5.41) is 11.0. The van der Waals surface area contributed by atoms with Crippen molar-refractivity contribution in [3.8, 4) is 12.3 Å². The van der Waals surface area contributed by atoms with Crippen LogP contribution in [0.1, 0.15) is 25.7 Å². The van der Waals surface area contributed by atoms with Crippen molar-refractivity contribution < 1.29 is 9.53 Å². The molecule has 0 unspecified atom stereocenters. The maximum absolute atomic E-state index is 11.8. The second-order valence-corrected chi connectivity index (χ2v) is 5.19. The van der Waals surface area contributed by atoms with Gasteiger partial charge in [0.05, 0.1) is 13.2 Å². The van der Waals surface area contributed by atoms with Crippen LogP contribution in [-0.2, 0) is 9.53 Å². The van der Waals surface area contributed by atoms with Crippen LogP contribution in [0.25, 0.3) is 0 Å². The highest BCUT2D eigenvalue weighted by Crippen LogP contribution is 2.37. The third kappa shape index (κ3) is 4.91. The highest BCUT2D eigenvalue weighted by molar-refractivity contribution is 5.75. The van der Waals surface area contributed by atoms with Crippen molar-refractivity contribution in [2.75, 3.05) is 39.4 Å². The Balaban J connectivity index is 1.53. The third-order valence-corrected chi connectivity index (χ3v) is 3.66. The Morgan fingerprint density at radius 2 is 2.10 bits per heavy atom. The van der Waals surface area contributed by atoms with Gasteiger partial charge in [-0.05, 0) is 0 Å². The normalized spacial score (nSPS) is 20.4. The molecule has 0 bridgehead atoms. The van der Waals surface area contributed by atoms with E-state index in [-0.39, 0.29) is 11.6 Å². The van der Waals surface area contributed by atoms with Crippen molar-refractivity contribution in [3.05, 3.63) is 0 Å². The second kappa shape index (κ2) is 7.36. The third-order valence-electron chi connectivity index (χ3n) is 3.66. The summed E-state index contributed by atoms with van der Waals surface area (Å²) in [5.74, 6) is 2.65. The van der Waals surface area contributed by atoms with Gasteiger partial charge in [0, 0.05) is 51.9 Å². The lowest BCUT2D eigenvalue weighted by Gasteiger charge is -2.26. The molecule has 2 aliphatic rings. The quantitative estimate of drug-likeness (QED) is 0.668. The zero-order chi connectivity index (χ0) is 14.3. The highest BCUT2D eigenvalue weighted by Gasteiger charge is 2.39. The fraction of sp³-hybridized carbons (Fsp3) is 0.786. The number of amides is 1. The number of carbonyl (C=O) groups excluding carboxylic acids is 1. The van der Waals surface area contributed by atoms with Crippen molar-refractivity contribution in [1.82, 2.24) is 10.2 Å². The standard InChI is InChI=1S/C14H22N4O2/c1-2-3-5-14(16-17-14)6-4-13(19)15-7-8-18-9-11-20-12-10-18/h1H,3-12H2,(H,15,19). The van der Waals surface area contributed by atoms with E-state index >= 15 is 0 Å². The first-order valence-electron chi connectivity index (χ1n) is 7.18. The van der Waals surface area contributed by atoms with E-state index in [9.17, 15) is 4.79 Å². The zero-order valence-electron chi connectivity index (χ0n) is 11.8. The molecule has 0 aromatic rings. The van der Waals surface area contributed by atoms with Crippen LogP contribution in [0, 0.1) is 12.3 Å². The van der Waals surface area contributed by atoms with Crippen LogP contribution < -0.4 is 5.32 Å². The molecular weight excluding hydrogens is 256 g/mol. The van der Waals surface area contributed by atoms with Gasteiger partial charge in [-0.25, -0.2) is 0 Å². The topological polar surface area (TPSA) is 66.3 Å². The minimum Gasteiger partial charge on any atom is -0.379 e. The van der Waals surface area contributed by atoms with Crippen LogP contribution in [0.2, 0.25) is 0 Å². The lowest BCUT2D eigenvalue weighted by molar-refractivity contribution is -0.121. The van der Waals surface area contributed by atoms with Crippen LogP contribution in [0.3, 0.4) is 0 Å². The molecule has 1 amide bonds. The Kier molecular flexibility index (Phi) is 5.50. The van der Waals surface area contributed by atoms with E-state index in [0.717, 1.165) is 39.3 Å². The van der Waals surface area contributed by atoms with Crippen LogP contribution in [0.5, 0.6) is 0 Å². The van der Waals surface area contributed by atoms with Gasteiger partial charge in [0.1, 0.15) is 0 Å². The van der Waals surface area contributed by atoms with E-state index in [1.807, 2.05) is 0 Å². The fourth-order valence-corrected chi connectivity index (χ4v) is 2.25. The Morgan fingerprint density at radius 3 is 2.75 bits per heavy atom. The van der Waals surface area contributed by atoms with E-state index < -0.39 is 0 Å². The van der Waals surface area contributed by atoms with Gasteiger partial charge in [0.2, 0.25) is 5.91 Å². The van der Waals surface area contributed by atoms with Crippen molar-refractivity contribution in [3.63, 3.8) is 0 Å². The van der Waals surface area contributed by atoms with Gasteiger partial charge in [-0.15, -0.1) is 12.3 Å². The largest absolute Gasteiger partial charge is 0.379 e. The molecule has 0 aromatic heterocycles. The summed E-state index contributed by atoms with van der Waals surface area (Å²) in [4.78, 5) is 14.1. The lowest BCUT2D eigenvalue weighted by Crippen LogP contribution is -2.41. The molecule has 1 N–H and O–H groups in total. The van der Waals surface area contributed by atoms with Crippen LogP contribution in [-0.4, -0.2) is 55.9 Å². The van der Waals surface area contributed by atoms with E-state index in [1.54, 1.807) is 0 Å². The highest BCUT2D eigenvalue weighted by atomic mass is 16.5. The summed E-state index contributed by atoms with van der Waals surface area (Å²) in [7, 11) is 0. The van der Waals surface area contributed by atoms with Crippen LogP contribution in [0.15, 0.2) is 10.2 Å². The molecule has 6 heteroatoms. The predicted molar refractivity (Wildman–Crippen MR) is 75.2 cm³/mol. The van der Waals surface area contributed by atoms with Gasteiger partial charge < -0.3 is 10.1 Å². The minimum absolute atomic E-state index is 0.0654. The molecule has 6 nitrogen and oxygen atoms in total. The number of morpholine rings is 1. The van der Waals surface area contributed by atoms with E-state index in [0.29, 0.717) is 25.8 Å². The first-order chi connectivity index (χ1) is 9.74. The molecule has 2 heterocycles. The number of ether oxygens (including phenoxy) is 1. The Labute approximate surface area is 120 Å². The smallest absolute Gasteiger partial charge is 0.220 e. The molecule has 2 aliphatic heterocycles. The fourth-order valence-electron chi connectivity index (χ4n) is 2.25.